The zero-order valence-corrected chi connectivity index (χ0v) is 12.3. The molecule has 0 bridgehead atoms. The van der Waals surface area contributed by atoms with E-state index in [9.17, 15) is 18.0 Å². The standard InChI is InChI=1S/C15H19F3N2O2/c1-19-7-8-20(14(21)10-22-11-15(16,17)18)13(9-19)12-5-3-2-4-6-12/h2-6,13H,7-11H2,1H3/t13-/m0/s1. The van der Waals surface area contributed by atoms with E-state index >= 15 is 0 Å². The second kappa shape index (κ2) is 7.11. The molecule has 1 fully saturated rings. The van der Waals surface area contributed by atoms with Crippen LogP contribution in [0, 0.1) is 0 Å². The average Bonchev–Trinajstić information content (AvgIpc) is 2.46. The SMILES string of the molecule is CN1CCN(C(=O)COCC(F)(F)F)[C@H](c2ccccc2)C1. The van der Waals surface area contributed by atoms with Gasteiger partial charge in [0.05, 0.1) is 6.04 Å². The topological polar surface area (TPSA) is 32.8 Å². The summed E-state index contributed by atoms with van der Waals surface area (Å²) in [5.74, 6) is -0.411. The maximum Gasteiger partial charge on any atom is 0.411 e. The van der Waals surface area contributed by atoms with Gasteiger partial charge in [-0.05, 0) is 12.6 Å². The van der Waals surface area contributed by atoms with Gasteiger partial charge in [-0.3, -0.25) is 4.79 Å². The van der Waals surface area contributed by atoms with Crippen LogP contribution in [-0.4, -0.2) is 61.8 Å². The van der Waals surface area contributed by atoms with Crippen molar-refractivity contribution in [2.75, 3.05) is 39.9 Å². The lowest BCUT2D eigenvalue weighted by atomic mass is 10.0. The molecule has 1 atom stereocenters. The minimum Gasteiger partial charge on any atom is -0.362 e. The molecule has 1 aliphatic heterocycles. The van der Waals surface area contributed by atoms with Crippen LogP contribution in [0.3, 0.4) is 0 Å². The minimum absolute atomic E-state index is 0.165. The number of hydrogen-bond donors (Lipinski definition) is 0. The zero-order chi connectivity index (χ0) is 16.2. The van der Waals surface area contributed by atoms with Gasteiger partial charge >= 0.3 is 6.18 Å². The van der Waals surface area contributed by atoms with Crippen LogP contribution in [0.2, 0.25) is 0 Å². The summed E-state index contributed by atoms with van der Waals surface area (Å²) in [7, 11) is 1.96. The van der Waals surface area contributed by atoms with Gasteiger partial charge in [-0.2, -0.15) is 13.2 Å². The highest BCUT2D eigenvalue weighted by molar-refractivity contribution is 5.78. The molecule has 1 amide bonds. The van der Waals surface area contributed by atoms with Gasteiger partial charge in [0.15, 0.2) is 0 Å². The average molecular weight is 316 g/mol. The number of rotatable bonds is 4. The Morgan fingerprint density at radius 2 is 1.95 bits per heavy atom. The van der Waals surface area contributed by atoms with Crippen molar-refractivity contribution < 1.29 is 22.7 Å². The number of hydrogen-bond acceptors (Lipinski definition) is 3. The number of carbonyl (C=O) groups excluding carboxylic acids is 1. The number of halogens is 3. The second-order valence-corrected chi connectivity index (χ2v) is 5.38. The van der Waals surface area contributed by atoms with Crippen LogP contribution in [0.25, 0.3) is 0 Å². The Bertz CT molecular complexity index is 493. The van der Waals surface area contributed by atoms with Crippen molar-refractivity contribution in [3.05, 3.63) is 35.9 Å². The fourth-order valence-electron chi connectivity index (χ4n) is 2.52. The number of nitrogens with zero attached hydrogens (tertiary/aromatic N) is 2. The number of likely N-dealkylation sites (N-methyl/N-ethyl adjacent to an activating group) is 1. The van der Waals surface area contributed by atoms with Crippen molar-refractivity contribution in [2.24, 2.45) is 0 Å². The maximum absolute atomic E-state index is 12.2. The Hall–Kier alpha value is -1.60. The number of piperazine rings is 1. The molecule has 22 heavy (non-hydrogen) atoms. The summed E-state index contributed by atoms with van der Waals surface area (Å²) in [6.45, 7) is -0.136. The first-order valence-electron chi connectivity index (χ1n) is 7.04. The quantitative estimate of drug-likeness (QED) is 0.853. The highest BCUT2D eigenvalue weighted by Gasteiger charge is 2.32. The van der Waals surface area contributed by atoms with E-state index in [1.165, 1.54) is 0 Å². The number of ether oxygens (including phenoxy) is 1. The third-order valence-corrected chi connectivity index (χ3v) is 3.58. The highest BCUT2D eigenvalue weighted by atomic mass is 19.4. The van der Waals surface area contributed by atoms with Gasteiger partial charge in [-0.1, -0.05) is 30.3 Å². The molecule has 2 rings (SSSR count). The van der Waals surface area contributed by atoms with Gasteiger partial charge in [0.25, 0.3) is 0 Å². The van der Waals surface area contributed by atoms with Crippen LogP contribution in [-0.2, 0) is 9.53 Å². The van der Waals surface area contributed by atoms with E-state index in [1.54, 1.807) is 4.90 Å². The van der Waals surface area contributed by atoms with E-state index in [0.717, 1.165) is 5.56 Å². The molecule has 122 valence electrons. The fraction of sp³-hybridized carbons (Fsp3) is 0.533. The summed E-state index contributed by atoms with van der Waals surface area (Å²) in [4.78, 5) is 15.9. The van der Waals surface area contributed by atoms with Gasteiger partial charge in [0.1, 0.15) is 13.2 Å². The molecule has 1 aliphatic rings. The van der Waals surface area contributed by atoms with E-state index in [1.807, 2.05) is 37.4 Å². The molecule has 4 nitrogen and oxygen atoms in total. The highest BCUT2D eigenvalue weighted by Crippen LogP contribution is 2.25. The van der Waals surface area contributed by atoms with E-state index in [0.29, 0.717) is 19.6 Å². The Morgan fingerprint density at radius 1 is 1.27 bits per heavy atom. The molecule has 0 unspecified atom stereocenters. The third kappa shape index (κ3) is 4.71. The van der Waals surface area contributed by atoms with Gasteiger partial charge in [0.2, 0.25) is 5.91 Å². The lowest BCUT2D eigenvalue weighted by molar-refractivity contribution is -0.178. The van der Waals surface area contributed by atoms with Crippen molar-refractivity contribution in [3.63, 3.8) is 0 Å². The lowest BCUT2D eigenvalue weighted by Gasteiger charge is -2.40. The summed E-state index contributed by atoms with van der Waals surface area (Å²) >= 11 is 0. The largest absolute Gasteiger partial charge is 0.411 e. The second-order valence-electron chi connectivity index (χ2n) is 5.38. The lowest BCUT2D eigenvalue weighted by Crippen LogP contribution is -2.50. The monoisotopic (exact) mass is 316 g/mol. The van der Waals surface area contributed by atoms with Crippen molar-refractivity contribution >= 4 is 5.91 Å². The van der Waals surface area contributed by atoms with E-state index in [-0.39, 0.29) is 6.04 Å². The van der Waals surface area contributed by atoms with Crippen LogP contribution >= 0.6 is 0 Å². The van der Waals surface area contributed by atoms with E-state index < -0.39 is 25.3 Å². The molecule has 1 saturated heterocycles. The summed E-state index contributed by atoms with van der Waals surface area (Å²) in [6, 6.07) is 9.32. The molecule has 1 aromatic carbocycles. The van der Waals surface area contributed by atoms with Crippen LogP contribution in [0.15, 0.2) is 30.3 Å². The van der Waals surface area contributed by atoms with Gasteiger partial charge in [0, 0.05) is 19.6 Å². The molecule has 1 heterocycles. The summed E-state index contributed by atoms with van der Waals surface area (Å²) in [5, 5.41) is 0. The summed E-state index contributed by atoms with van der Waals surface area (Å²) in [6.07, 6.45) is -4.42. The molecule has 0 N–H and O–H groups in total. The Labute approximate surface area is 127 Å². The summed E-state index contributed by atoms with van der Waals surface area (Å²) < 4.78 is 40.7. The first kappa shape index (κ1) is 16.8. The van der Waals surface area contributed by atoms with Gasteiger partial charge < -0.3 is 14.5 Å². The number of amides is 1. The molecule has 0 aromatic heterocycles. The molecule has 0 radical (unpaired) electrons. The van der Waals surface area contributed by atoms with Crippen LogP contribution < -0.4 is 0 Å². The fourth-order valence-corrected chi connectivity index (χ4v) is 2.52. The van der Waals surface area contributed by atoms with Crippen LogP contribution in [0.1, 0.15) is 11.6 Å². The predicted octanol–water partition coefficient (Wildman–Crippen LogP) is 2.08. The van der Waals surface area contributed by atoms with Crippen molar-refractivity contribution in [1.82, 2.24) is 9.80 Å². The van der Waals surface area contributed by atoms with Crippen molar-refractivity contribution in [1.29, 1.82) is 0 Å². The Morgan fingerprint density at radius 3 is 2.59 bits per heavy atom. The number of carbonyl (C=O) groups is 1. The van der Waals surface area contributed by atoms with Crippen molar-refractivity contribution in [3.8, 4) is 0 Å². The van der Waals surface area contributed by atoms with Gasteiger partial charge in [-0.25, -0.2) is 0 Å². The molecular weight excluding hydrogens is 297 g/mol. The third-order valence-electron chi connectivity index (χ3n) is 3.58. The van der Waals surface area contributed by atoms with E-state index in [2.05, 4.69) is 9.64 Å². The molecule has 0 aliphatic carbocycles. The number of alkyl halides is 3. The smallest absolute Gasteiger partial charge is 0.362 e. The number of benzene rings is 1. The van der Waals surface area contributed by atoms with Crippen LogP contribution in [0.4, 0.5) is 13.2 Å². The molecule has 0 saturated carbocycles. The zero-order valence-electron chi connectivity index (χ0n) is 12.3. The molecular formula is C15H19F3N2O2. The normalized spacial score (nSPS) is 20.2. The predicted molar refractivity (Wildman–Crippen MR) is 75.3 cm³/mol. The Kier molecular flexibility index (Phi) is 5.42. The minimum atomic E-state index is -4.42. The first-order valence-corrected chi connectivity index (χ1v) is 7.04. The van der Waals surface area contributed by atoms with Gasteiger partial charge in [-0.15, -0.1) is 0 Å². The van der Waals surface area contributed by atoms with E-state index in [4.69, 9.17) is 0 Å². The Balaban J connectivity index is 2.01. The first-order chi connectivity index (χ1) is 10.4. The van der Waals surface area contributed by atoms with Crippen molar-refractivity contribution in [2.45, 2.75) is 12.2 Å². The molecule has 1 aromatic rings. The molecule has 0 spiro atoms. The van der Waals surface area contributed by atoms with Crippen LogP contribution in [0.5, 0.6) is 0 Å². The summed E-state index contributed by atoms with van der Waals surface area (Å²) in [5.41, 5.74) is 0.971. The molecule has 7 heteroatoms. The maximum atomic E-state index is 12.2.